The zero-order chi connectivity index (χ0) is 11.8. The van der Waals surface area contributed by atoms with Crippen molar-refractivity contribution in [2.24, 2.45) is 5.92 Å². The van der Waals surface area contributed by atoms with Gasteiger partial charge in [0, 0.05) is 6.54 Å². The van der Waals surface area contributed by atoms with Crippen LogP contribution in [0.1, 0.15) is 25.3 Å². The first-order valence-electron chi connectivity index (χ1n) is 5.79. The molecule has 1 heterocycles. The Hall–Kier alpha value is 0.283. The quantitative estimate of drug-likeness (QED) is 0.591. The van der Waals surface area contributed by atoms with Gasteiger partial charge in [-0.1, -0.05) is 6.92 Å². The third kappa shape index (κ3) is 5.08. The van der Waals surface area contributed by atoms with Gasteiger partial charge in [-0.3, -0.25) is 0 Å². The first kappa shape index (κ1) is 14.3. The SMILES string of the molecule is CC1CCN(Cc2[c-]cccc2)CC1.[Zn+][Br]. The summed E-state index contributed by atoms with van der Waals surface area (Å²) in [5.74, 6) is 0.922. The van der Waals surface area contributed by atoms with Gasteiger partial charge in [0.05, 0.1) is 0 Å². The standard InChI is InChI=1S/C13H18N.BrH.Zn/c1-12-7-9-14(10-8-12)11-13-5-3-2-4-6-13;;/h2-5,12H,7-11H2,1H3;1H;/q-1;;+2/p-1. The van der Waals surface area contributed by atoms with E-state index in [0.717, 1.165) is 12.5 Å². The van der Waals surface area contributed by atoms with E-state index < -0.39 is 0 Å². The number of hydrogen-bond acceptors (Lipinski definition) is 1. The van der Waals surface area contributed by atoms with Gasteiger partial charge in [0.1, 0.15) is 0 Å². The van der Waals surface area contributed by atoms with Crippen molar-refractivity contribution in [2.75, 3.05) is 13.1 Å². The molecule has 1 aliphatic heterocycles. The van der Waals surface area contributed by atoms with Crippen molar-refractivity contribution in [3.8, 4) is 0 Å². The Bertz CT molecular complexity index is 271. The monoisotopic (exact) mass is 331 g/mol. The summed E-state index contributed by atoms with van der Waals surface area (Å²) in [4.78, 5) is 2.53. The molecular formula is C13H18BrNZn. The van der Waals surface area contributed by atoms with Crippen molar-refractivity contribution in [1.29, 1.82) is 0 Å². The molecular weight excluding hydrogens is 315 g/mol. The van der Waals surface area contributed by atoms with Crippen molar-refractivity contribution in [3.63, 3.8) is 0 Å². The molecule has 0 amide bonds. The Balaban J connectivity index is 0.000000606. The van der Waals surface area contributed by atoms with E-state index in [1.807, 2.05) is 12.1 Å². The predicted molar refractivity (Wildman–Crippen MR) is 67.9 cm³/mol. The molecule has 2 rings (SSSR count). The summed E-state index contributed by atoms with van der Waals surface area (Å²) >= 11 is 4.25. The number of hydrogen-bond donors (Lipinski definition) is 0. The van der Waals surface area contributed by atoms with Crippen LogP contribution in [0.3, 0.4) is 0 Å². The Labute approximate surface area is 116 Å². The molecule has 0 saturated carbocycles. The van der Waals surface area contributed by atoms with Gasteiger partial charge in [-0.15, -0.1) is 5.56 Å². The molecule has 1 aromatic rings. The molecule has 0 N–H and O–H groups in total. The van der Waals surface area contributed by atoms with Crippen LogP contribution in [0, 0.1) is 12.0 Å². The Morgan fingerprint density at radius 2 is 2.06 bits per heavy atom. The van der Waals surface area contributed by atoms with Crippen LogP contribution >= 0.6 is 13.6 Å². The molecule has 1 nitrogen and oxygen atoms in total. The second-order valence-electron chi connectivity index (χ2n) is 4.35. The zero-order valence-electron chi connectivity index (χ0n) is 9.95. The molecule has 3 heteroatoms. The molecule has 84 valence electrons. The molecule has 0 radical (unpaired) electrons. The van der Waals surface area contributed by atoms with Crippen LogP contribution in [0.2, 0.25) is 0 Å². The van der Waals surface area contributed by atoms with E-state index in [9.17, 15) is 0 Å². The number of likely N-dealkylation sites (tertiary alicyclic amines) is 1. The summed E-state index contributed by atoms with van der Waals surface area (Å²) in [5, 5.41) is 0. The summed E-state index contributed by atoms with van der Waals surface area (Å²) in [5.41, 5.74) is 1.32. The molecule has 0 spiro atoms. The third-order valence-electron chi connectivity index (χ3n) is 3.04. The van der Waals surface area contributed by atoms with Crippen LogP contribution in [0.25, 0.3) is 0 Å². The van der Waals surface area contributed by atoms with Gasteiger partial charge >= 0.3 is 30.0 Å². The number of nitrogens with zero attached hydrogens (tertiary/aromatic N) is 1. The van der Waals surface area contributed by atoms with Gasteiger partial charge in [-0.2, -0.15) is 30.3 Å². The number of rotatable bonds is 2. The average molecular weight is 334 g/mol. The number of piperidine rings is 1. The van der Waals surface area contributed by atoms with Crippen LogP contribution in [0.15, 0.2) is 24.3 Å². The summed E-state index contributed by atoms with van der Waals surface area (Å²) in [6.45, 7) is 5.94. The van der Waals surface area contributed by atoms with Crippen LogP contribution in [-0.4, -0.2) is 18.0 Å². The third-order valence-corrected chi connectivity index (χ3v) is 3.04. The average Bonchev–Trinajstić information content (AvgIpc) is 2.36. The van der Waals surface area contributed by atoms with E-state index in [1.54, 1.807) is 0 Å². The van der Waals surface area contributed by atoms with Crippen molar-refractivity contribution in [1.82, 2.24) is 4.90 Å². The van der Waals surface area contributed by atoms with E-state index in [2.05, 4.69) is 43.6 Å². The molecule has 1 saturated heterocycles. The van der Waals surface area contributed by atoms with Crippen molar-refractivity contribution in [2.45, 2.75) is 26.3 Å². The molecule has 0 unspecified atom stereocenters. The van der Waals surface area contributed by atoms with Gasteiger partial charge in [0.2, 0.25) is 0 Å². The van der Waals surface area contributed by atoms with Gasteiger partial charge in [-0.05, 0) is 31.8 Å². The Kier molecular flexibility index (Phi) is 7.52. The van der Waals surface area contributed by atoms with Gasteiger partial charge < -0.3 is 4.90 Å². The van der Waals surface area contributed by atoms with E-state index >= 15 is 0 Å². The molecule has 0 bridgehead atoms. The second kappa shape index (κ2) is 8.39. The number of benzene rings is 1. The van der Waals surface area contributed by atoms with E-state index in [1.165, 1.54) is 47.8 Å². The van der Waals surface area contributed by atoms with Crippen molar-refractivity contribution in [3.05, 3.63) is 35.9 Å². The second-order valence-corrected chi connectivity index (χ2v) is 4.35. The van der Waals surface area contributed by atoms with Crippen molar-refractivity contribution < 1.29 is 16.3 Å². The van der Waals surface area contributed by atoms with E-state index in [-0.39, 0.29) is 0 Å². The first-order valence-corrected chi connectivity index (χ1v) is 12.7. The summed E-state index contributed by atoms with van der Waals surface area (Å²) < 4.78 is 0. The molecule has 0 atom stereocenters. The van der Waals surface area contributed by atoms with Crippen LogP contribution < -0.4 is 0 Å². The van der Waals surface area contributed by atoms with Gasteiger partial charge in [0.25, 0.3) is 0 Å². The topological polar surface area (TPSA) is 3.24 Å². The summed E-state index contributed by atoms with van der Waals surface area (Å²) in [6.07, 6.45) is 2.71. The Morgan fingerprint density at radius 3 is 2.62 bits per heavy atom. The van der Waals surface area contributed by atoms with Gasteiger partial charge in [-0.25, -0.2) is 0 Å². The molecule has 16 heavy (non-hydrogen) atoms. The summed E-state index contributed by atoms with van der Waals surface area (Å²) in [7, 11) is 0. The fourth-order valence-corrected chi connectivity index (χ4v) is 1.99. The molecule has 0 aliphatic carbocycles. The maximum atomic E-state index is 3.29. The zero-order valence-corrected chi connectivity index (χ0v) is 14.5. The maximum absolute atomic E-state index is 3.29. The molecule has 1 aliphatic rings. The van der Waals surface area contributed by atoms with E-state index in [4.69, 9.17) is 0 Å². The predicted octanol–water partition coefficient (Wildman–Crippen LogP) is 3.56. The fourth-order valence-electron chi connectivity index (χ4n) is 1.99. The first-order chi connectivity index (χ1) is 7.84. The number of halogens is 1. The van der Waals surface area contributed by atoms with E-state index in [0.29, 0.717) is 0 Å². The molecule has 1 aromatic carbocycles. The van der Waals surface area contributed by atoms with Crippen LogP contribution in [0.5, 0.6) is 0 Å². The molecule has 0 aromatic heterocycles. The minimum atomic E-state index is 0.922. The van der Waals surface area contributed by atoms with Crippen molar-refractivity contribution >= 4 is 13.6 Å². The van der Waals surface area contributed by atoms with Gasteiger partial charge in [0.15, 0.2) is 0 Å². The normalized spacial score (nSPS) is 17.8. The van der Waals surface area contributed by atoms with Crippen LogP contribution in [-0.2, 0) is 22.9 Å². The minimum absolute atomic E-state index is 0.922. The Morgan fingerprint density at radius 1 is 1.38 bits per heavy atom. The molecule has 1 fully saturated rings. The summed E-state index contributed by atoms with van der Waals surface area (Å²) in [6, 6.07) is 11.6. The van der Waals surface area contributed by atoms with Crippen LogP contribution in [0.4, 0.5) is 0 Å². The fraction of sp³-hybridized carbons (Fsp3) is 0.538.